The van der Waals surface area contributed by atoms with Crippen molar-refractivity contribution in [2.45, 2.75) is 46.1 Å². The van der Waals surface area contributed by atoms with Crippen molar-refractivity contribution < 1.29 is 9.47 Å². The van der Waals surface area contributed by atoms with Crippen LogP contribution in [0.3, 0.4) is 0 Å². The highest BCUT2D eigenvalue weighted by atomic mass is 16.5. The molecule has 1 aromatic carbocycles. The molecule has 166 valence electrons. The predicted octanol–water partition coefficient (Wildman–Crippen LogP) is 2.79. The van der Waals surface area contributed by atoms with Gasteiger partial charge in [0.25, 0.3) is 0 Å². The molecule has 0 amide bonds. The van der Waals surface area contributed by atoms with Gasteiger partial charge in [0.1, 0.15) is 18.1 Å². The van der Waals surface area contributed by atoms with E-state index in [1.54, 1.807) is 7.11 Å². The molecule has 0 aliphatic heterocycles. The monoisotopic (exact) mass is 416 g/mol. The van der Waals surface area contributed by atoms with Crippen molar-refractivity contribution in [2.75, 3.05) is 33.4 Å². The van der Waals surface area contributed by atoms with E-state index in [1.807, 2.05) is 37.6 Å². The maximum absolute atomic E-state index is 5.41. The molecule has 0 radical (unpaired) electrons. The zero-order chi connectivity index (χ0) is 21.8. The number of nitrogens with one attached hydrogen (secondary N) is 2. The maximum Gasteiger partial charge on any atom is 0.191 e. The summed E-state index contributed by atoms with van der Waals surface area (Å²) in [5.74, 6) is 3.83. The van der Waals surface area contributed by atoms with Gasteiger partial charge >= 0.3 is 0 Å². The lowest BCUT2D eigenvalue weighted by Crippen LogP contribution is -2.39. The van der Waals surface area contributed by atoms with Gasteiger partial charge in [-0.25, -0.2) is 4.99 Å². The van der Waals surface area contributed by atoms with Gasteiger partial charge in [0, 0.05) is 33.4 Å². The van der Waals surface area contributed by atoms with E-state index in [9.17, 15) is 0 Å². The Hall–Kier alpha value is -2.61. The number of aryl methyl sites for hydroxylation is 1. The second-order valence-corrected chi connectivity index (χ2v) is 7.25. The predicted molar refractivity (Wildman–Crippen MR) is 120 cm³/mol. The number of benzene rings is 1. The molecule has 1 heterocycles. The zero-order valence-corrected chi connectivity index (χ0v) is 18.9. The van der Waals surface area contributed by atoms with E-state index in [0.29, 0.717) is 12.5 Å². The quantitative estimate of drug-likeness (QED) is 0.314. The number of methoxy groups -OCH3 is 1. The Kier molecular flexibility index (Phi) is 10.1. The molecular weight excluding hydrogens is 380 g/mol. The molecule has 2 rings (SSSR count). The zero-order valence-electron chi connectivity index (χ0n) is 18.9. The highest BCUT2D eigenvalue weighted by Crippen LogP contribution is 2.21. The van der Waals surface area contributed by atoms with Gasteiger partial charge in [-0.2, -0.15) is 0 Å². The number of guanidine groups is 1. The highest BCUT2D eigenvalue weighted by molar-refractivity contribution is 5.79. The molecule has 1 atom stereocenters. The minimum absolute atomic E-state index is 0.434. The van der Waals surface area contributed by atoms with Crippen LogP contribution in [0.1, 0.15) is 49.8 Å². The van der Waals surface area contributed by atoms with Crippen LogP contribution in [0.4, 0.5) is 0 Å². The molecule has 1 unspecified atom stereocenters. The number of nitrogens with zero attached hydrogens (tertiary/aromatic N) is 4. The average molecular weight is 417 g/mol. The van der Waals surface area contributed by atoms with Gasteiger partial charge in [-0.15, -0.1) is 10.2 Å². The third kappa shape index (κ3) is 7.67. The van der Waals surface area contributed by atoms with Gasteiger partial charge in [0.15, 0.2) is 11.8 Å². The minimum Gasteiger partial charge on any atom is -0.497 e. The van der Waals surface area contributed by atoms with Crippen molar-refractivity contribution in [3.05, 3.63) is 41.5 Å². The first-order valence-electron chi connectivity index (χ1n) is 10.6. The molecule has 30 heavy (non-hydrogen) atoms. The van der Waals surface area contributed by atoms with Crippen LogP contribution in [0.2, 0.25) is 0 Å². The Morgan fingerprint density at radius 2 is 1.90 bits per heavy atom. The second-order valence-electron chi connectivity index (χ2n) is 7.25. The molecule has 2 N–H and O–H groups in total. The molecular formula is C22H36N6O2. The van der Waals surface area contributed by atoms with Crippen LogP contribution in [-0.2, 0) is 18.3 Å². The number of ether oxygens (including phenoxy) is 2. The second kappa shape index (κ2) is 12.8. The summed E-state index contributed by atoms with van der Waals surface area (Å²) in [5, 5.41) is 15.1. The molecule has 0 aliphatic rings. The Morgan fingerprint density at radius 1 is 1.17 bits per heavy atom. The number of aromatic nitrogens is 3. The molecule has 0 aliphatic carbocycles. The lowest BCUT2D eigenvalue weighted by molar-refractivity contribution is 0.145. The van der Waals surface area contributed by atoms with Crippen LogP contribution in [-0.4, -0.2) is 54.1 Å². The molecule has 1 aromatic heterocycles. The molecule has 0 saturated heterocycles. The summed E-state index contributed by atoms with van der Waals surface area (Å²) < 4.78 is 12.6. The number of aliphatic imine (C=N–C) groups is 1. The summed E-state index contributed by atoms with van der Waals surface area (Å²) in [6.45, 7) is 9.77. The van der Waals surface area contributed by atoms with Crippen LogP contribution in [0.15, 0.2) is 29.3 Å². The minimum atomic E-state index is 0.434. The Labute approximate surface area is 180 Å². The van der Waals surface area contributed by atoms with Crippen molar-refractivity contribution in [1.29, 1.82) is 0 Å². The van der Waals surface area contributed by atoms with E-state index >= 15 is 0 Å². The number of rotatable bonds is 12. The molecule has 2 aromatic rings. The maximum atomic E-state index is 5.41. The van der Waals surface area contributed by atoms with Gasteiger partial charge in [-0.3, -0.25) is 0 Å². The smallest absolute Gasteiger partial charge is 0.191 e. The van der Waals surface area contributed by atoms with E-state index in [2.05, 4.69) is 39.9 Å². The molecule has 8 heteroatoms. The third-order valence-electron chi connectivity index (χ3n) is 5.08. The van der Waals surface area contributed by atoms with Crippen molar-refractivity contribution in [1.82, 2.24) is 25.4 Å². The first-order chi connectivity index (χ1) is 14.5. The summed E-state index contributed by atoms with van der Waals surface area (Å²) in [4.78, 5) is 4.69. The van der Waals surface area contributed by atoms with Gasteiger partial charge < -0.3 is 24.7 Å². The average Bonchev–Trinajstić information content (AvgIpc) is 3.09. The Bertz CT molecular complexity index is 772. The van der Waals surface area contributed by atoms with Crippen LogP contribution < -0.4 is 15.4 Å². The molecule has 0 spiro atoms. The lowest BCUT2D eigenvalue weighted by atomic mass is 9.98. The molecule has 8 nitrogen and oxygen atoms in total. The van der Waals surface area contributed by atoms with Crippen molar-refractivity contribution in [3.63, 3.8) is 0 Å². The number of hydrogen-bond acceptors (Lipinski definition) is 5. The topological polar surface area (TPSA) is 85.6 Å². The van der Waals surface area contributed by atoms with E-state index in [-0.39, 0.29) is 0 Å². The first kappa shape index (κ1) is 23.7. The molecule has 0 fully saturated rings. The van der Waals surface area contributed by atoms with Crippen molar-refractivity contribution in [2.24, 2.45) is 12.0 Å². The normalized spacial score (nSPS) is 12.6. The summed E-state index contributed by atoms with van der Waals surface area (Å²) in [6.07, 6.45) is 1.93. The van der Waals surface area contributed by atoms with Gasteiger partial charge in [-0.05, 0) is 50.3 Å². The van der Waals surface area contributed by atoms with Crippen LogP contribution in [0.25, 0.3) is 0 Å². The number of hydrogen-bond donors (Lipinski definition) is 2. The Morgan fingerprint density at radius 3 is 2.53 bits per heavy atom. The van der Waals surface area contributed by atoms with Crippen LogP contribution in [0.5, 0.6) is 5.75 Å². The van der Waals surface area contributed by atoms with E-state index in [0.717, 1.165) is 62.5 Å². The van der Waals surface area contributed by atoms with Gasteiger partial charge in [0.2, 0.25) is 0 Å². The summed E-state index contributed by atoms with van der Waals surface area (Å²) in [5.41, 5.74) is 1.30. The van der Waals surface area contributed by atoms with Gasteiger partial charge in [-0.1, -0.05) is 19.1 Å². The standard InChI is InChI=1S/C22H36N6O2/c1-6-30-15-7-13-23-22(25-16-21-27-26-18(3)28(21)4)24-14-12-17(2)19-8-10-20(29-5)11-9-19/h8-11,17H,6-7,12-16H2,1-5H3,(H2,23,24,25). The molecule has 0 bridgehead atoms. The largest absolute Gasteiger partial charge is 0.497 e. The summed E-state index contributed by atoms with van der Waals surface area (Å²) in [7, 11) is 3.65. The van der Waals surface area contributed by atoms with E-state index < -0.39 is 0 Å². The highest BCUT2D eigenvalue weighted by Gasteiger charge is 2.08. The lowest BCUT2D eigenvalue weighted by Gasteiger charge is -2.16. The third-order valence-corrected chi connectivity index (χ3v) is 5.08. The van der Waals surface area contributed by atoms with Crippen molar-refractivity contribution >= 4 is 5.96 Å². The van der Waals surface area contributed by atoms with E-state index in [4.69, 9.17) is 14.5 Å². The van der Waals surface area contributed by atoms with Crippen LogP contribution >= 0.6 is 0 Å². The van der Waals surface area contributed by atoms with Crippen LogP contribution in [0, 0.1) is 6.92 Å². The molecule has 0 saturated carbocycles. The summed E-state index contributed by atoms with van der Waals surface area (Å²) in [6, 6.07) is 8.27. The van der Waals surface area contributed by atoms with E-state index in [1.165, 1.54) is 5.56 Å². The fourth-order valence-electron chi connectivity index (χ4n) is 2.94. The Balaban J connectivity index is 1.88. The fraction of sp³-hybridized carbons (Fsp3) is 0.591. The van der Waals surface area contributed by atoms with Crippen molar-refractivity contribution in [3.8, 4) is 5.75 Å². The first-order valence-corrected chi connectivity index (χ1v) is 10.6. The summed E-state index contributed by atoms with van der Waals surface area (Å²) >= 11 is 0. The van der Waals surface area contributed by atoms with Gasteiger partial charge in [0.05, 0.1) is 7.11 Å². The SMILES string of the molecule is CCOCCCNC(=NCc1nnc(C)n1C)NCCC(C)c1ccc(OC)cc1. The fourth-order valence-corrected chi connectivity index (χ4v) is 2.94.